The van der Waals surface area contributed by atoms with Crippen molar-refractivity contribution >= 4 is 19.2 Å². The second kappa shape index (κ2) is 7.11. The Labute approximate surface area is 138 Å². The van der Waals surface area contributed by atoms with Gasteiger partial charge in [0.15, 0.2) is 0 Å². The molecule has 0 unspecified atom stereocenters. The van der Waals surface area contributed by atoms with Crippen molar-refractivity contribution in [1.29, 1.82) is 0 Å². The van der Waals surface area contributed by atoms with Gasteiger partial charge in [0, 0.05) is 0 Å². The predicted octanol–water partition coefficient (Wildman–Crippen LogP) is 3.01. The normalized spacial score (nSPS) is 15.7. The maximum absolute atomic E-state index is 11.9. The summed E-state index contributed by atoms with van der Waals surface area (Å²) in [6.45, 7) is 5.93. The van der Waals surface area contributed by atoms with Crippen molar-refractivity contribution in [2.24, 2.45) is 5.92 Å². The Balaban J connectivity index is 2.60. The molecule has 3 nitrogen and oxygen atoms in total. The third kappa shape index (κ3) is 3.71. The highest BCUT2D eigenvalue weighted by Gasteiger charge is 2.44. The summed E-state index contributed by atoms with van der Waals surface area (Å²) in [6.07, 6.45) is -0.909. The molecule has 0 amide bonds. The summed E-state index contributed by atoms with van der Waals surface area (Å²) in [6, 6.07) is 19.8. The van der Waals surface area contributed by atoms with Crippen molar-refractivity contribution in [3.05, 3.63) is 66.2 Å². The van der Waals surface area contributed by atoms with Crippen LogP contribution >= 0.6 is 0 Å². The summed E-state index contributed by atoms with van der Waals surface area (Å²) in [5.74, 6) is -1.76. The number of carbonyl (C=O) groups is 1. The first kappa shape index (κ1) is 17.4. The Bertz CT molecular complexity index is 638. The van der Waals surface area contributed by atoms with E-state index in [1.54, 1.807) is 6.92 Å². The molecule has 0 aliphatic carbocycles. The zero-order valence-corrected chi connectivity index (χ0v) is 14.8. The lowest BCUT2D eigenvalue weighted by Crippen LogP contribution is -2.53. The van der Waals surface area contributed by atoms with Gasteiger partial charge in [-0.2, -0.15) is 0 Å². The van der Waals surface area contributed by atoms with Crippen LogP contribution in [0.4, 0.5) is 0 Å². The van der Waals surface area contributed by atoms with Gasteiger partial charge in [0.2, 0.25) is 0 Å². The lowest BCUT2D eigenvalue weighted by atomic mass is 9.94. The van der Waals surface area contributed by atoms with Crippen LogP contribution in [0.5, 0.6) is 0 Å². The Morgan fingerprint density at radius 3 is 1.87 bits per heavy atom. The monoisotopic (exact) mass is 328 g/mol. The van der Waals surface area contributed by atoms with E-state index in [1.807, 2.05) is 48.5 Å². The number of carboxylic acid groups (broad SMARTS) is 1. The summed E-state index contributed by atoms with van der Waals surface area (Å²) in [4.78, 5) is 11.9. The molecule has 2 N–H and O–H groups in total. The molecule has 0 bridgehead atoms. The van der Waals surface area contributed by atoms with Gasteiger partial charge in [-0.25, -0.2) is 0 Å². The standard InChI is InChI=1S/C19H24O3Si/c1-14(20)17(19(21)22)18(15-10-6-4-7-11-15)23(2,3)16-12-8-5-9-13-16/h4-14,17-18,20H,1-3H3,(H,21,22)/t14-,17+,18-/m0/s1. The number of aliphatic carboxylic acids is 1. The van der Waals surface area contributed by atoms with Crippen LogP contribution in [0.3, 0.4) is 0 Å². The number of hydrogen-bond acceptors (Lipinski definition) is 2. The van der Waals surface area contributed by atoms with Crippen molar-refractivity contribution in [2.45, 2.75) is 31.7 Å². The Morgan fingerprint density at radius 2 is 1.43 bits per heavy atom. The summed E-state index contributed by atoms with van der Waals surface area (Å²) in [5.41, 5.74) is 0.782. The summed E-state index contributed by atoms with van der Waals surface area (Å²) in [5, 5.41) is 21.1. The van der Waals surface area contributed by atoms with Crippen LogP contribution < -0.4 is 5.19 Å². The average molecular weight is 328 g/mol. The van der Waals surface area contributed by atoms with Gasteiger partial charge in [-0.1, -0.05) is 78.9 Å². The first-order chi connectivity index (χ1) is 10.9. The number of hydrogen-bond donors (Lipinski definition) is 2. The maximum Gasteiger partial charge on any atom is 0.309 e. The third-order valence-corrected chi connectivity index (χ3v) is 8.69. The molecule has 3 atom stereocenters. The van der Waals surface area contributed by atoms with Crippen molar-refractivity contribution in [1.82, 2.24) is 0 Å². The summed E-state index contributed by atoms with van der Waals surface area (Å²) >= 11 is 0. The molecule has 0 fully saturated rings. The van der Waals surface area contributed by atoms with Gasteiger partial charge >= 0.3 is 5.97 Å². The highest BCUT2D eigenvalue weighted by Crippen LogP contribution is 2.36. The van der Waals surface area contributed by atoms with E-state index in [1.165, 1.54) is 5.19 Å². The third-order valence-electron chi connectivity index (χ3n) is 4.62. The fourth-order valence-corrected chi connectivity index (χ4v) is 7.16. The van der Waals surface area contributed by atoms with E-state index in [2.05, 4.69) is 25.2 Å². The molecule has 2 rings (SSSR count). The predicted molar refractivity (Wildman–Crippen MR) is 95.5 cm³/mol. The number of carboxylic acids is 1. The molecule has 4 heteroatoms. The zero-order valence-electron chi connectivity index (χ0n) is 13.8. The molecule has 0 aliphatic heterocycles. The summed E-state index contributed by atoms with van der Waals surface area (Å²) < 4.78 is 0. The molecule has 2 aromatic rings. The molecular formula is C19H24O3Si. The van der Waals surface area contributed by atoms with E-state index in [0.717, 1.165) is 5.56 Å². The van der Waals surface area contributed by atoms with Gasteiger partial charge in [-0.15, -0.1) is 0 Å². The lowest BCUT2D eigenvalue weighted by molar-refractivity contribution is -0.145. The smallest absolute Gasteiger partial charge is 0.309 e. The maximum atomic E-state index is 11.9. The van der Waals surface area contributed by atoms with E-state index < -0.39 is 26.1 Å². The number of benzene rings is 2. The fourth-order valence-electron chi connectivity index (χ4n) is 3.41. The minimum Gasteiger partial charge on any atom is -0.481 e. The fraction of sp³-hybridized carbons (Fsp3) is 0.316. The number of rotatable bonds is 6. The van der Waals surface area contributed by atoms with Gasteiger partial charge in [0.1, 0.15) is 0 Å². The second-order valence-corrected chi connectivity index (χ2v) is 11.2. The highest BCUT2D eigenvalue weighted by molar-refractivity contribution is 6.91. The Morgan fingerprint density at radius 1 is 0.957 bits per heavy atom. The Hall–Kier alpha value is -1.91. The lowest BCUT2D eigenvalue weighted by Gasteiger charge is -2.38. The van der Waals surface area contributed by atoms with E-state index >= 15 is 0 Å². The second-order valence-electron chi connectivity index (χ2n) is 6.58. The van der Waals surface area contributed by atoms with Crippen LogP contribution in [0.25, 0.3) is 0 Å². The van der Waals surface area contributed by atoms with E-state index in [4.69, 9.17) is 0 Å². The van der Waals surface area contributed by atoms with E-state index in [9.17, 15) is 15.0 Å². The molecule has 0 radical (unpaired) electrons. The van der Waals surface area contributed by atoms with Gasteiger partial charge in [-0.3, -0.25) is 4.79 Å². The molecule has 0 aliphatic rings. The molecule has 0 heterocycles. The van der Waals surface area contributed by atoms with Crippen LogP contribution in [-0.4, -0.2) is 30.4 Å². The topological polar surface area (TPSA) is 57.5 Å². The first-order valence-electron chi connectivity index (χ1n) is 7.87. The molecule has 0 spiro atoms. The van der Waals surface area contributed by atoms with Gasteiger partial charge in [-0.05, 0) is 18.0 Å². The number of aliphatic hydroxyl groups is 1. The minimum absolute atomic E-state index is 0.205. The SMILES string of the molecule is C[C@H](O)[C@@H](C(=O)O)[C@H](c1ccccc1)[Si](C)(C)c1ccccc1. The quantitative estimate of drug-likeness (QED) is 0.802. The number of aliphatic hydroxyl groups excluding tert-OH is 1. The van der Waals surface area contributed by atoms with Gasteiger partial charge in [0.05, 0.1) is 20.1 Å². The molecule has 0 saturated heterocycles. The van der Waals surface area contributed by atoms with E-state index in [0.29, 0.717) is 0 Å². The summed E-state index contributed by atoms with van der Waals surface area (Å²) in [7, 11) is -2.18. The van der Waals surface area contributed by atoms with Gasteiger partial charge in [0.25, 0.3) is 0 Å². The van der Waals surface area contributed by atoms with Crippen molar-refractivity contribution in [2.75, 3.05) is 0 Å². The van der Waals surface area contributed by atoms with Crippen LogP contribution in [0.1, 0.15) is 18.0 Å². The molecule has 2 aromatic carbocycles. The zero-order chi connectivity index (χ0) is 17.0. The van der Waals surface area contributed by atoms with E-state index in [-0.39, 0.29) is 5.54 Å². The van der Waals surface area contributed by atoms with Crippen LogP contribution in [0.2, 0.25) is 13.1 Å². The van der Waals surface area contributed by atoms with Crippen molar-refractivity contribution in [3.63, 3.8) is 0 Å². The molecule has 0 saturated carbocycles. The van der Waals surface area contributed by atoms with Crippen LogP contribution in [-0.2, 0) is 4.79 Å². The molecule has 23 heavy (non-hydrogen) atoms. The van der Waals surface area contributed by atoms with Crippen molar-refractivity contribution in [3.8, 4) is 0 Å². The molecule has 0 aromatic heterocycles. The largest absolute Gasteiger partial charge is 0.481 e. The average Bonchev–Trinajstić information content (AvgIpc) is 2.53. The van der Waals surface area contributed by atoms with Gasteiger partial charge < -0.3 is 10.2 Å². The van der Waals surface area contributed by atoms with Crippen LogP contribution in [0.15, 0.2) is 60.7 Å². The van der Waals surface area contributed by atoms with Crippen LogP contribution in [0, 0.1) is 5.92 Å². The minimum atomic E-state index is -2.18. The highest BCUT2D eigenvalue weighted by atomic mass is 28.3. The Kier molecular flexibility index (Phi) is 5.39. The first-order valence-corrected chi connectivity index (χ1v) is 10.9. The molecule has 122 valence electrons. The molecular weight excluding hydrogens is 304 g/mol. The van der Waals surface area contributed by atoms with Crippen molar-refractivity contribution < 1.29 is 15.0 Å².